The van der Waals surface area contributed by atoms with Crippen LogP contribution in [-0.4, -0.2) is 53.3 Å². The molecule has 0 aliphatic rings. The van der Waals surface area contributed by atoms with E-state index in [4.69, 9.17) is 10.5 Å². The summed E-state index contributed by atoms with van der Waals surface area (Å²) in [6.07, 6.45) is -1.20. The van der Waals surface area contributed by atoms with Crippen molar-refractivity contribution in [1.82, 2.24) is 5.32 Å². The summed E-state index contributed by atoms with van der Waals surface area (Å²) in [5.41, 5.74) is 2.49. The third-order valence-electron chi connectivity index (χ3n) is 2.98. The maximum Gasteiger partial charge on any atom is 0.409 e. The lowest BCUT2D eigenvalue weighted by atomic mass is 9.83. The molecule has 0 rings (SSSR count). The summed E-state index contributed by atoms with van der Waals surface area (Å²) in [5, 5.41) is 12.2. The number of aliphatic hydroxyl groups excluding tert-OH is 1. The normalized spacial score (nSPS) is 16.5. The Bertz CT molecular complexity index is 469. The summed E-state index contributed by atoms with van der Waals surface area (Å²) >= 11 is 0. The SMILES string of the molecule is C=CCC(N)C(=O)C(NC(=O)OC(C)(C)C)(C(=O)OC)C(C)O. The minimum Gasteiger partial charge on any atom is -0.467 e. The molecule has 0 aromatic rings. The van der Waals surface area contributed by atoms with Gasteiger partial charge in [0.15, 0.2) is 5.78 Å². The van der Waals surface area contributed by atoms with E-state index in [0.717, 1.165) is 7.11 Å². The van der Waals surface area contributed by atoms with Gasteiger partial charge in [-0.1, -0.05) is 6.08 Å². The van der Waals surface area contributed by atoms with E-state index < -0.39 is 41.1 Å². The lowest BCUT2D eigenvalue weighted by Crippen LogP contribution is -2.70. The first-order valence-corrected chi connectivity index (χ1v) is 7.10. The van der Waals surface area contributed by atoms with E-state index in [1.54, 1.807) is 20.8 Å². The number of hydrogen-bond acceptors (Lipinski definition) is 7. The summed E-state index contributed by atoms with van der Waals surface area (Å²) in [6.45, 7) is 9.47. The topological polar surface area (TPSA) is 128 Å². The van der Waals surface area contributed by atoms with Crippen LogP contribution < -0.4 is 11.1 Å². The Balaban J connectivity index is 5.78. The Labute approximate surface area is 136 Å². The van der Waals surface area contributed by atoms with Crippen molar-refractivity contribution < 1.29 is 29.0 Å². The van der Waals surface area contributed by atoms with Gasteiger partial charge in [0.05, 0.1) is 19.3 Å². The van der Waals surface area contributed by atoms with Gasteiger partial charge in [0.2, 0.25) is 5.54 Å². The molecule has 0 aliphatic heterocycles. The molecule has 0 spiro atoms. The number of alkyl carbamates (subject to hydrolysis) is 1. The molecule has 1 amide bonds. The van der Waals surface area contributed by atoms with Crippen LogP contribution in [0.4, 0.5) is 4.79 Å². The van der Waals surface area contributed by atoms with Crippen molar-refractivity contribution in [3.8, 4) is 0 Å². The Morgan fingerprint density at radius 2 is 1.87 bits per heavy atom. The molecular weight excluding hydrogens is 304 g/mol. The number of amides is 1. The van der Waals surface area contributed by atoms with Crippen LogP contribution in [0.1, 0.15) is 34.1 Å². The van der Waals surface area contributed by atoms with Crippen LogP contribution in [-0.2, 0) is 19.1 Å². The van der Waals surface area contributed by atoms with Gasteiger partial charge in [0.25, 0.3) is 0 Å². The van der Waals surface area contributed by atoms with Crippen molar-refractivity contribution in [2.45, 2.75) is 57.4 Å². The van der Waals surface area contributed by atoms with E-state index in [-0.39, 0.29) is 6.42 Å². The van der Waals surface area contributed by atoms with Crippen molar-refractivity contribution in [3.63, 3.8) is 0 Å². The molecule has 0 saturated carbocycles. The first-order chi connectivity index (χ1) is 10.4. The van der Waals surface area contributed by atoms with E-state index in [2.05, 4.69) is 16.6 Å². The number of hydrogen-bond donors (Lipinski definition) is 3. The highest BCUT2D eigenvalue weighted by Gasteiger charge is 2.54. The van der Waals surface area contributed by atoms with Gasteiger partial charge in [-0.15, -0.1) is 6.58 Å². The summed E-state index contributed by atoms with van der Waals surface area (Å²) in [6, 6.07) is -1.16. The second kappa shape index (κ2) is 8.07. The maximum atomic E-state index is 12.6. The number of ether oxygens (including phenoxy) is 2. The molecule has 0 radical (unpaired) electrons. The number of nitrogens with two attached hydrogens (primary N) is 1. The van der Waals surface area contributed by atoms with Crippen molar-refractivity contribution in [1.29, 1.82) is 0 Å². The van der Waals surface area contributed by atoms with Crippen LogP contribution in [0.5, 0.6) is 0 Å². The molecule has 0 saturated heterocycles. The number of rotatable bonds is 7. The molecule has 3 atom stereocenters. The molecule has 8 heteroatoms. The third kappa shape index (κ3) is 5.33. The maximum absolute atomic E-state index is 12.6. The Hall–Kier alpha value is -1.93. The Kier molecular flexibility index (Phi) is 7.39. The highest BCUT2D eigenvalue weighted by atomic mass is 16.6. The smallest absolute Gasteiger partial charge is 0.409 e. The molecule has 132 valence electrons. The van der Waals surface area contributed by atoms with E-state index in [1.165, 1.54) is 13.0 Å². The molecule has 23 heavy (non-hydrogen) atoms. The first-order valence-electron chi connectivity index (χ1n) is 7.10. The number of carbonyl (C=O) groups excluding carboxylic acids is 3. The van der Waals surface area contributed by atoms with Crippen LogP contribution in [0.15, 0.2) is 12.7 Å². The van der Waals surface area contributed by atoms with E-state index in [9.17, 15) is 19.5 Å². The van der Waals surface area contributed by atoms with Crippen LogP contribution >= 0.6 is 0 Å². The van der Waals surface area contributed by atoms with Gasteiger partial charge in [0, 0.05) is 0 Å². The largest absolute Gasteiger partial charge is 0.467 e. The minimum atomic E-state index is -2.36. The average molecular weight is 330 g/mol. The predicted molar refractivity (Wildman–Crippen MR) is 83.6 cm³/mol. The van der Waals surface area contributed by atoms with Gasteiger partial charge in [-0.25, -0.2) is 9.59 Å². The Morgan fingerprint density at radius 1 is 1.35 bits per heavy atom. The molecule has 0 aromatic heterocycles. The molecule has 0 heterocycles. The van der Waals surface area contributed by atoms with Crippen molar-refractivity contribution in [3.05, 3.63) is 12.7 Å². The standard InChI is InChI=1S/C15H26N2O6/c1-7-8-10(16)11(19)15(9(2)18,12(20)22-6)17-13(21)23-14(3,4)5/h7,9-10,18H,1,8,16H2,2-6H3,(H,17,21). The first kappa shape index (κ1) is 21.1. The minimum absolute atomic E-state index is 0.0558. The zero-order valence-electron chi connectivity index (χ0n) is 14.2. The summed E-state index contributed by atoms with van der Waals surface area (Å²) in [4.78, 5) is 36.8. The lowest BCUT2D eigenvalue weighted by Gasteiger charge is -2.35. The number of esters is 1. The highest BCUT2D eigenvalue weighted by Crippen LogP contribution is 2.19. The van der Waals surface area contributed by atoms with Crippen LogP contribution in [0.3, 0.4) is 0 Å². The van der Waals surface area contributed by atoms with Crippen LogP contribution in [0.2, 0.25) is 0 Å². The van der Waals surface area contributed by atoms with E-state index in [0.29, 0.717) is 0 Å². The number of Topliss-reactive ketones (excluding diaryl/α,β-unsaturated/α-hetero) is 1. The molecule has 4 N–H and O–H groups in total. The predicted octanol–water partition coefficient (Wildman–Crippen LogP) is 0.276. The monoisotopic (exact) mass is 330 g/mol. The lowest BCUT2D eigenvalue weighted by molar-refractivity contribution is -0.159. The van der Waals surface area contributed by atoms with Crippen LogP contribution in [0, 0.1) is 0 Å². The fourth-order valence-electron chi connectivity index (χ4n) is 1.90. The van der Waals surface area contributed by atoms with Gasteiger partial charge in [-0.2, -0.15) is 0 Å². The molecule has 0 aliphatic carbocycles. The van der Waals surface area contributed by atoms with Gasteiger partial charge in [0.1, 0.15) is 5.60 Å². The van der Waals surface area contributed by atoms with Crippen molar-refractivity contribution >= 4 is 17.8 Å². The molecule has 0 fully saturated rings. The fraction of sp³-hybridized carbons (Fsp3) is 0.667. The van der Waals surface area contributed by atoms with Gasteiger partial charge in [-0.3, -0.25) is 10.1 Å². The van der Waals surface area contributed by atoms with Gasteiger partial charge < -0.3 is 20.3 Å². The quantitative estimate of drug-likeness (QED) is 0.347. The fourth-order valence-corrected chi connectivity index (χ4v) is 1.90. The summed E-state index contributed by atoms with van der Waals surface area (Å²) < 4.78 is 9.63. The van der Waals surface area contributed by atoms with Gasteiger partial charge >= 0.3 is 12.1 Å². The zero-order valence-corrected chi connectivity index (χ0v) is 14.2. The number of methoxy groups -OCH3 is 1. The molecular formula is C15H26N2O6. The van der Waals surface area contributed by atoms with Crippen molar-refractivity contribution in [2.75, 3.05) is 7.11 Å². The molecule has 0 aromatic carbocycles. The van der Waals surface area contributed by atoms with E-state index in [1.807, 2.05) is 0 Å². The second-order valence-electron chi connectivity index (χ2n) is 6.10. The number of carbonyl (C=O) groups is 3. The average Bonchev–Trinajstić information content (AvgIpc) is 2.41. The van der Waals surface area contributed by atoms with Crippen LogP contribution in [0.25, 0.3) is 0 Å². The number of ketones is 1. The third-order valence-corrected chi connectivity index (χ3v) is 2.98. The number of aliphatic hydroxyl groups is 1. The summed E-state index contributed by atoms with van der Waals surface area (Å²) in [5.74, 6) is -2.03. The number of nitrogens with one attached hydrogen (secondary N) is 1. The van der Waals surface area contributed by atoms with Crippen molar-refractivity contribution in [2.24, 2.45) is 5.73 Å². The highest BCUT2D eigenvalue weighted by molar-refractivity contribution is 6.13. The van der Waals surface area contributed by atoms with E-state index >= 15 is 0 Å². The summed E-state index contributed by atoms with van der Waals surface area (Å²) in [7, 11) is 1.03. The zero-order chi connectivity index (χ0) is 18.4. The molecule has 3 unspecified atom stereocenters. The van der Waals surface area contributed by atoms with Gasteiger partial charge in [-0.05, 0) is 34.1 Å². The second-order valence-corrected chi connectivity index (χ2v) is 6.10. The molecule has 0 bridgehead atoms. The molecule has 8 nitrogen and oxygen atoms in total. The Morgan fingerprint density at radius 3 is 2.22 bits per heavy atom.